The molecule has 2 aliphatic heterocycles. The van der Waals surface area contributed by atoms with Crippen molar-refractivity contribution in [2.75, 3.05) is 19.0 Å². The van der Waals surface area contributed by atoms with Gasteiger partial charge in [0.15, 0.2) is 0 Å². The third-order valence-corrected chi connectivity index (χ3v) is 4.42. The lowest BCUT2D eigenvalue weighted by atomic mass is 9.95. The number of nitrogens with zero attached hydrogens (tertiary/aromatic N) is 1. The third-order valence-electron chi connectivity index (χ3n) is 4.07. The van der Waals surface area contributed by atoms with Gasteiger partial charge in [0, 0.05) is 18.5 Å². The molecule has 2 heterocycles. The Hall–Kier alpha value is -1.22. The van der Waals surface area contributed by atoms with Gasteiger partial charge in [0.25, 0.3) is 0 Å². The van der Waals surface area contributed by atoms with Crippen molar-refractivity contribution in [2.24, 2.45) is 5.92 Å². The number of amides is 1. The molecule has 1 amide bonds. The third kappa shape index (κ3) is 2.44. The fourth-order valence-electron chi connectivity index (χ4n) is 3.01. The summed E-state index contributed by atoms with van der Waals surface area (Å²) in [4.78, 5) is 14.5. The van der Waals surface area contributed by atoms with Crippen molar-refractivity contribution in [2.45, 2.75) is 25.3 Å². The Morgan fingerprint density at radius 3 is 3.11 bits per heavy atom. The van der Waals surface area contributed by atoms with Crippen LogP contribution in [-0.4, -0.2) is 35.9 Å². The summed E-state index contributed by atoms with van der Waals surface area (Å²) in [5.41, 5.74) is 1.13. The second-order valence-corrected chi connectivity index (χ2v) is 5.61. The van der Waals surface area contributed by atoms with Crippen molar-refractivity contribution in [3.8, 4) is 5.75 Å². The van der Waals surface area contributed by atoms with Gasteiger partial charge in [-0.3, -0.25) is 4.79 Å². The monoisotopic (exact) mass is 279 g/mol. The minimum atomic E-state index is -0.0567. The molecule has 0 aliphatic carbocycles. The number of benzene rings is 1. The molecule has 4 heteroatoms. The van der Waals surface area contributed by atoms with E-state index in [4.69, 9.17) is 16.3 Å². The zero-order valence-corrected chi connectivity index (χ0v) is 11.6. The lowest BCUT2D eigenvalue weighted by Crippen LogP contribution is -2.43. The summed E-state index contributed by atoms with van der Waals surface area (Å²) < 4.78 is 5.71. The number of carbonyl (C=O) groups is 1. The molecule has 0 bridgehead atoms. The first-order valence-corrected chi connectivity index (χ1v) is 7.40. The minimum absolute atomic E-state index is 0.0567. The average molecular weight is 280 g/mol. The number of fused-ring (bicyclic) bond motifs is 1. The lowest BCUT2D eigenvalue weighted by Gasteiger charge is -2.30. The molecule has 3 nitrogen and oxygen atoms in total. The maximum absolute atomic E-state index is 12.6. The molecule has 0 aromatic heterocycles. The van der Waals surface area contributed by atoms with Crippen LogP contribution in [0.1, 0.15) is 18.4 Å². The van der Waals surface area contributed by atoms with E-state index in [1.807, 2.05) is 29.2 Å². The summed E-state index contributed by atoms with van der Waals surface area (Å²) in [5.74, 6) is 1.61. The van der Waals surface area contributed by atoms with E-state index in [0.717, 1.165) is 37.1 Å². The van der Waals surface area contributed by atoms with Crippen LogP contribution in [0.2, 0.25) is 0 Å². The summed E-state index contributed by atoms with van der Waals surface area (Å²) >= 11 is 5.94. The van der Waals surface area contributed by atoms with E-state index < -0.39 is 0 Å². The number of likely N-dealkylation sites (tertiary alicyclic amines) is 1. The maximum atomic E-state index is 12.6. The number of rotatable bonds is 2. The molecule has 0 radical (unpaired) electrons. The Kier molecular flexibility index (Phi) is 3.65. The van der Waals surface area contributed by atoms with Crippen LogP contribution in [0.25, 0.3) is 0 Å². The molecule has 102 valence electrons. The van der Waals surface area contributed by atoms with Crippen molar-refractivity contribution >= 4 is 17.5 Å². The first-order valence-electron chi connectivity index (χ1n) is 6.86. The van der Waals surface area contributed by atoms with E-state index >= 15 is 0 Å². The van der Waals surface area contributed by atoms with Crippen LogP contribution in [0.3, 0.4) is 0 Å². The van der Waals surface area contributed by atoms with E-state index in [1.165, 1.54) is 0 Å². The Morgan fingerprint density at radius 2 is 2.26 bits per heavy atom. The topological polar surface area (TPSA) is 29.5 Å². The highest BCUT2D eigenvalue weighted by Gasteiger charge is 2.34. The Labute approximate surface area is 118 Å². The fourth-order valence-corrected chi connectivity index (χ4v) is 3.33. The SMILES string of the molecule is O=C(C1COc2ccccc2C1)N1CCCC1CCl. The van der Waals surface area contributed by atoms with Gasteiger partial charge in [0.1, 0.15) is 12.4 Å². The number of hydrogen-bond donors (Lipinski definition) is 0. The molecule has 1 saturated heterocycles. The van der Waals surface area contributed by atoms with Crippen LogP contribution in [0, 0.1) is 5.92 Å². The Morgan fingerprint density at radius 1 is 1.42 bits per heavy atom. The summed E-state index contributed by atoms with van der Waals surface area (Å²) in [6, 6.07) is 8.18. The number of alkyl halides is 1. The molecular formula is C15H18ClNO2. The molecule has 2 aliphatic rings. The zero-order valence-electron chi connectivity index (χ0n) is 10.8. The normalized spacial score (nSPS) is 25.8. The quantitative estimate of drug-likeness (QED) is 0.779. The van der Waals surface area contributed by atoms with Crippen molar-refractivity contribution in [3.05, 3.63) is 29.8 Å². The summed E-state index contributed by atoms with van der Waals surface area (Å²) in [5, 5.41) is 0. The second-order valence-electron chi connectivity index (χ2n) is 5.30. The maximum Gasteiger partial charge on any atom is 0.229 e. The van der Waals surface area contributed by atoms with Gasteiger partial charge < -0.3 is 9.64 Å². The molecule has 2 atom stereocenters. The molecule has 1 aromatic carbocycles. The Balaban J connectivity index is 1.72. The van der Waals surface area contributed by atoms with Crippen LogP contribution in [0.5, 0.6) is 5.75 Å². The van der Waals surface area contributed by atoms with E-state index in [0.29, 0.717) is 12.5 Å². The fraction of sp³-hybridized carbons (Fsp3) is 0.533. The van der Waals surface area contributed by atoms with E-state index in [9.17, 15) is 4.79 Å². The molecule has 0 spiro atoms. The van der Waals surface area contributed by atoms with Gasteiger partial charge in [-0.25, -0.2) is 0 Å². The summed E-state index contributed by atoms with van der Waals surface area (Å²) in [6.07, 6.45) is 2.87. The smallest absolute Gasteiger partial charge is 0.229 e. The van der Waals surface area contributed by atoms with Gasteiger partial charge >= 0.3 is 0 Å². The van der Waals surface area contributed by atoms with Gasteiger partial charge in [-0.05, 0) is 30.9 Å². The molecule has 19 heavy (non-hydrogen) atoms. The number of para-hydroxylation sites is 1. The van der Waals surface area contributed by atoms with Crippen LogP contribution in [-0.2, 0) is 11.2 Å². The zero-order chi connectivity index (χ0) is 13.2. The van der Waals surface area contributed by atoms with Gasteiger partial charge in [-0.2, -0.15) is 0 Å². The average Bonchev–Trinajstić information content (AvgIpc) is 2.94. The number of ether oxygens (including phenoxy) is 1. The molecular weight excluding hydrogens is 262 g/mol. The predicted molar refractivity (Wildman–Crippen MR) is 74.6 cm³/mol. The lowest BCUT2D eigenvalue weighted by molar-refractivity contribution is -0.137. The number of hydrogen-bond acceptors (Lipinski definition) is 2. The van der Waals surface area contributed by atoms with Gasteiger partial charge in [-0.15, -0.1) is 11.6 Å². The van der Waals surface area contributed by atoms with E-state index in [-0.39, 0.29) is 17.9 Å². The highest BCUT2D eigenvalue weighted by atomic mass is 35.5. The molecule has 0 saturated carbocycles. The van der Waals surface area contributed by atoms with Gasteiger partial charge in [-0.1, -0.05) is 18.2 Å². The second kappa shape index (κ2) is 5.41. The number of halogens is 1. The molecule has 1 fully saturated rings. The standard InChI is InChI=1S/C15H18ClNO2/c16-9-13-5-3-7-17(13)15(18)12-8-11-4-1-2-6-14(11)19-10-12/h1-2,4,6,12-13H,3,5,7-10H2. The van der Waals surface area contributed by atoms with E-state index in [2.05, 4.69) is 0 Å². The van der Waals surface area contributed by atoms with Crippen LogP contribution >= 0.6 is 11.6 Å². The van der Waals surface area contributed by atoms with Crippen molar-refractivity contribution < 1.29 is 9.53 Å². The van der Waals surface area contributed by atoms with E-state index in [1.54, 1.807) is 0 Å². The highest BCUT2D eigenvalue weighted by Crippen LogP contribution is 2.29. The Bertz CT molecular complexity index is 477. The summed E-state index contributed by atoms with van der Waals surface area (Å²) in [6.45, 7) is 1.33. The van der Waals surface area contributed by atoms with Crippen molar-refractivity contribution in [1.29, 1.82) is 0 Å². The largest absolute Gasteiger partial charge is 0.492 e. The first kappa shape index (κ1) is 12.8. The van der Waals surface area contributed by atoms with Crippen LogP contribution in [0.4, 0.5) is 0 Å². The predicted octanol–water partition coefficient (Wildman–Crippen LogP) is 2.47. The van der Waals surface area contributed by atoms with Crippen LogP contribution in [0.15, 0.2) is 24.3 Å². The van der Waals surface area contributed by atoms with Crippen LogP contribution < -0.4 is 4.74 Å². The summed E-state index contributed by atoms with van der Waals surface area (Å²) in [7, 11) is 0. The first-order chi connectivity index (χ1) is 9.29. The van der Waals surface area contributed by atoms with Gasteiger partial charge in [0.05, 0.1) is 5.92 Å². The van der Waals surface area contributed by atoms with Crippen molar-refractivity contribution in [1.82, 2.24) is 4.90 Å². The van der Waals surface area contributed by atoms with Crippen molar-refractivity contribution in [3.63, 3.8) is 0 Å². The van der Waals surface area contributed by atoms with Gasteiger partial charge in [0.2, 0.25) is 5.91 Å². The molecule has 2 unspecified atom stereocenters. The molecule has 0 N–H and O–H groups in total. The number of carbonyl (C=O) groups excluding carboxylic acids is 1. The minimum Gasteiger partial charge on any atom is -0.492 e. The molecule has 1 aromatic rings. The molecule has 3 rings (SSSR count). The highest BCUT2D eigenvalue weighted by molar-refractivity contribution is 6.18.